The average molecular weight is 776 g/mol. The molecule has 0 aliphatic rings. The summed E-state index contributed by atoms with van der Waals surface area (Å²) >= 11 is 0. The van der Waals surface area contributed by atoms with Crippen molar-refractivity contribution in [3.63, 3.8) is 0 Å². The highest BCUT2D eigenvalue weighted by Crippen LogP contribution is 2.29. The molecular weight excluding hydrogens is 737 g/mol. The number of benzene rings is 2. The van der Waals surface area contributed by atoms with E-state index in [4.69, 9.17) is 19.9 Å². The first kappa shape index (κ1) is 44.5. The van der Waals surface area contributed by atoms with Gasteiger partial charge in [-0.25, -0.2) is 13.2 Å². The predicted molar refractivity (Wildman–Crippen MR) is 174 cm³/mol. The number of rotatable bonds is 21. The molecule has 5 amide bonds. The highest BCUT2D eigenvalue weighted by Gasteiger charge is 2.29. The number of esters is 2. The largest absolute Gasteiger partial charge is 0.461 e. The zero-order valence-electron chi connectivity index (χ0n) is 29.2. The van der Waals surface area contributed by atoms with Gasteiger partial charge in [0.1, 0.15) is 24.7 Å². The molecule has 2 rings (SSSR count). The van der Waals surface area contributed by atoms with Gasteiger partial charge in [0, 0.05) is 19.0 Å². The lowest BCUT2D eigenvalue weighted by Gasteiger charge is -2.22. The zero-order chi connectivity index (χ0) is 40.5. The maximum absolute atomic E-state index is 13.6. The molecule has 0 aliphatic carbocycles. The molecule has 0 unspecified atom stereocenters. The molecule has 3 atom stereocenters. The van der Waals surface area contributed by atoms with Crippen LogP contribution in [0.25, 0.3) is 0 Å². The van der Waals surface area contributed by atoms with Crippen molar-refractivity contribution in [1.29, 1.82) is 0 Å². The van der Waals surface area contributed by atoms with Gasteiger partial charge in [-0.15, -0.1) is 0 Å². The molecule has 0 aliphatic heterocycles. The fourth-order valence-electron chi connectivity index (χ4n) is 4.07. The lowest BCUT2D eigenvalue weighted by Crippen LogP contribution is -2.55. The number of anilines is 1. The van der Waals surface area contributed by atoms with Crippen molar-refractivity contribution >= 4 is 47.2 Å². The normalized spacial score (nSPS) is 12.4. The van der Waals surface area contributed by atoms with Gasteiger partial charge in [0.15, 0.2) is 0 Å². The molecule has 54 heavy (non-hydrogen) atoms. The zero-order valence-corrected chi connectivity index (χ0v) is 29.2. The van der Waals surface area contributed by atoms with Crippen LogP contribution >= 0.6 is 0 Å². The Morgan fingerprint density at radius 3 is 1.76 bits per heavy atom. The van der Waals surface area contributed by atoms with Crippen molar-refractivity contribution in [3.05, 3.63) is 58.9 Å². The van der Waals surface area contributed by atoms with Gasteiger partial charge >= 0.3 is 11.9 Å². The summed E-state index contributed by atoms with van der Waals surface area (Å²) in [4.78, 5) is 84.7. The SMILES string of the molecule is CC(=O)OCc1ccc(NC(=O)[C@H](CC(N)=O)NC(=O)[C@H](C)NC(=O)[C@H](C)NC(=O)CCOCCOCCC(=O)Oc2c(F)c(F)c(F)c(F)c2F)cc1. The smallest absolute Gasteiger partial charge is 0.313 e. The van der Waals surface area contributed by atoms with Crippen molar-refractivity contribution in [2.75, 3.05) is 31.7 Å². The third kappa shape index (κ3) is 14.7. The molecule has 0 fully saturated rings. The van der Waals surface area contributed by atoms with Crippen LogP contribution in [0.5, 0.6) is 5.75 Å². The molecule has 0 saturated carbocycles. The Hall–Kier alpha value is -5.70. The molecule has 0 aromatic heterocycles. The van der Waals surface area contributed by atoms with E-state index in [1.807, 2.05) is 0 Å². The number of carbonyl (C=O) groups excluding carboxylic acids is 7. The predicted octanol–water partition coefficient (Wildman–Crippen LogP) is 1.17. The molecule has 0 radical (unpaired) electrons. The molecule has 296 valence electrons. The Morgan fingerprint density at radius 1 is 0.685 bits per heavy atom. The maximum atomic E-state index is 13.6. The van der Waals surface area contributed by atoms with E-state index in [9.17, 15) is 55.5 Å². The van der Waals surface area contributed by atoms with Gasteiger partial charge in [-0.3, -0.25) is 33.6 Å². The summed E-state index contributed by atoms with van der Waals surface area (Å²) in [7, 11) is 0. The molecule has 16 nitrogen and oxygen atoms in total. The Labute approximate surface area is 304 Å². The van der Waals surface area contributed by atoms with Gasteiger partial charge in [-0.05, 0) is 31.5 Å². The van der Waals surface area contributed by atoms with E-state index in [0.29, 0.717) is 11.3 Å². The van der Waals surface area contributed by atoms with Crippen LogP contribution in [-0.2, 0) is 54.4 Å². The third-order valence-electron chi connectivity index (χ3n) is 6.91. The van der Waals surface area contributed by atoms with Crippen molar-refractivity contribution in [3.8, 4) is 5.75 Å². The number of ether oxygens (including phenoxy) is 4. The van der Waals surface area contributed by atoms with Crippen molar-refractivity contribution in [2.24, 2.45) is 5.73 Å². The Morgan fingerprint density at radius 2 is 1.20 bits per heavy atom. The first-order valence-corrected chi connectivity index (χ1v) is 16.0. The van der Waals surface area contributed by atoms with Gasteiger partial charge in [-0.2, -0.15) is 8.78 Å². The molecule has 0 bridgehead atoms. The fraction of sp³-hybridized carbons (Fsp3) is 0.424. The van der Waals surface area contributed by atoms with Crippen LogP contribution in [0.3, 0.4) is 0 Å². The monoisotopic (exact) mass is 775 g/mol. The highest BCUT2D eigenvalue weighted by molar-refractivity contribution is 6.00. The minimum absolute atomic E-state index is 0.0203. The molecule has 0 heterocycles. The summed E-state index contributed by atoms with van der Waals surface area (Å²) in [6.45, 7) is 3.21. The van der Waals surface area contributed by atoms with Crippen molar-refractivity contribution in [2.45, 2.75) is 64.8 Å². The second-order valence-electron chi connectivity index (χ2n) is 11.3. The first-order valence-electron chi connectivity index (χ1n) is 16.0. The van der Waals surface area contributed by atoms with E-state index >= 15 is 0 Å². The van der Waals surface area contributed by atoms with Crippen molar-refractivity contribution < 1.29 is 74.5 Å². The number of carbonyl (C=O) groups is 7. The van der Waals surface area contributed by atoms with Crippen LogP contribution in [0.2, 0.25) is 0 Å². The Kier molecular flexibility index (Phi) is 17.9. The molecule has 6 N–H and O–H groups in total. The Bertz CT molecular complexity index is 1670. The molecule has 2 aromatic carbocycles. The molecule has 2 aromatic rings. The summed E-state index contributed by atoms with van der Waals surface area (Å²) < 4.78 is 86.1. The van der Waals surface area contributed by atoms with Crippen LogP contribution in [0.1, 0.15) is 45.6 Å². The summed E-state index contributed by atoms with van der Waals surface area (Å²) in [5.74, 6) is -19.0. The van der Waals surface area contributed by atoms with Crippen LogP contribution < -0.4 is 31.7 Å². The summed E-state index contributed by atoms with van der Waals surface area (Å²) in [5, 5.41) is 9.65. The molecular formula is C33H38F5N5O11. The van der Waals surface area contributed by atoms with E-state index < -0.39 is 107 Å². The first-order chi connectivity index (χ1) is 25.4. The Balaban J connectivity index is 1.69. The minimum Gasteiger partial charge on any atom is -0.461 e. The summed E-state index contributed by atoms with van der Waals surface area (Å²) in [6, 6.07) is 2.46. The van der Waals surface area contributed by atoms with E-state index in [0.717, 1.165) is 0 Å². The molecule has 0 saturated heterocycles. The molecule has 21 heteroatoms. The molecule has 0 spiro atoms. The quantitative estimate of drug-likeness (QED) is 0.0302. The van der Waals surface area contributed by atoms with Gasteiger partial charge in [0.25, 0.3) is 0 Å². The second-order valence-corrected chi connectivity index (χ2v) is 11.3. The second kappa shape index (κ2) is 21.7. The van der Waals surface area contributed by atoms with E-state index in [-0.39, 0.29) is 39.5 Å². The van der Waals surface area contributed by atoms with Crippen LogP contribution in [0, 0.1) is 29.1 Å². The topological polar surface area (TPSA) is 231 Å². The average Bonchev–Trinajstić information content (AvgIpc) is 3.11. The summed E-state index contributed by atoms with van der Waals surface area (Å²) in [6.07, 6.45) is -1.38. The van der Waals surface area contributed by atoms with Gasteiger partial charge in [-0.1, -0.05) is 12.1 Å². The third-order valence-corrected chi connectivity index (χ3v) is 6.91. The number of hydrogen-bond acceptors (Lipinski definition) is 11. The van der Waals surface area contributed by atoms with Gasteiger partial charge in [0.2, 0.25) is 64.4 Å². The number of amides is 5. The minimum atomic E-state index is -2.41. The number of hydrogen-bond donors (Lipinski definition) is 5. The lowest BCUT2D eigenvalue weighted by molar-refractivity contribution is -0.142. The van der Waals surface area contributed by atoms with E-state index in [2.05, 4.69) is 26.0 Å². The summed E-state index contributed by atoms with van der Waals surface area (Å²) in [5.41, 5.74) is 6.19. The van der Waals surface area contributed by atoms with Crippen molar-refractivity contribution in [1.82, 2.24) is 16.0 Å². The standard InChI is InChI=1S/C33H38F5N5O11/c1-16(40-23(46)8-10-51-12-13-52-11-9-24(47)54-30-28(37)26(35)25(34)27(36)29(30)38)31(48)41-17(2)32(49)43-21(14-22(39)45)33(50)42-20-6-4-19(5-7-20)15-53-18(3)44/h4-7,16-17,21H,8-15H2,1-3H3,(H2,39,45)(H,40,46)(H,41,48)(H,42,50)(H,43,49)/t16-,17-,21-/m0/s1. The number of halogens is 5. The lowest BCUT2D eigenvalue weighted by atomic mass is 10.1. The number of nitrogens with one attached hydrogen (secondary N) is 4. The van der Waals surface area contributed by atoms with Gasteiger partial charge < -0.3 is 45.9 Å². The van der Waals surface area contributed by atoms with E-state index in [1.54, 1.807) is 12.1 Å². The van der Waals surface area contributed by atoms with Gasteiger partial charge in [0.05, 0.1) is 39.3 Å². The fourth-order valence-corrected chi connectivity index (χ4v) is 4.07. The maximum Gasteiger partial charge on any atom is 0.313 e. The number of primary amides is 1. The van der Waals surface area contributed by atoms with Crippen LogP contribution in [-0.4, -0.2) is 86.0 Å². The van der Waals surface area contributed by atoms with Crippen LogP contribution in [0.4, 0.5) is 27.6 Å². The van der Waals surface area contributed by atoms with Crippen LogP contribution in [0.15, 0.2) is 24.3 Å². The van der Waals surface area contributed by atoms with E-state index in [1.165, 1.54) is 32.9 Å². The highest BCUT2D eigenvalue weighted by atomic mass is 19.2. The number of nitrogens with two attached hydrogens (primary N) is 1.